The molecule has 1 saturated heterocycles. The lowest BCUT2D eigenvalue weighted by Gasteiger charge is -2.35. The van der Waals surface area contributed by atoms with Crippen molar-refractivity contribution in [2.45, 2.75) is 45.3 Å². The molecule has 5 heteroatoms. The average molecular weight is 533 g/mol. The molecule has 0 bridgehead atoms. The van der Waals surface area contributed by atoms with Gasteiger partial charge in [0.1, 0.15) is 12.4 Å². The zero-order chi connectivity index (χ0) is 26.6. The van der Waals surface area contributed by atoms with Crippen molar-refractivity contribution in [2.24, 2.45) is 10.9 Å². The second-order valence-corrected chi connectivity index (χ2v) is 11.3. The molecule has 0 radical (unpaired) electrons. The number of aliphatic imine (C=N–C) groups is 1. The van der Waals surface area contributed by atoms with Crippen LogP contribution in [0.1, 0.15) is 43.7 Å². The number of carbonyl (C=O) groups excluding carboxylic acids is 1. The highest BCUT2D eigenvalue weighted by atomic mass is 32.2. The molecule has 6 rings (SSSR count). The van der Waals surface area contributed by atoms with Crippen LogP contribution in [0.4, 0.5) is 5.69 Å². The molecule has 2 fully saturated rings. The highest BCUT2D eigenvalue weighted by Gasteiger charge is 2.41. The number of carbonyl (C=O) groups is 1. The maximum Gasteiger partial charge on any atom is 0.267 e. The Balaban J connectivity index is 1.21. The van der Waals surface area contributed by atoms with Crippen LogP contribution in [0, 0.1) is 5.92 Å². The van der Waals surface area contributed by atoms with Crippen molar-refractivity contribution < 1.29 is 9.53 Å². The Morgan fingerprint density at radius 1 is 0.897 bits per heavy atom. The average Bonchev–Trinajstić information content (AvgIpc) is 3.27. The topological polar surface area (TPSA) is 41.9 Å². The largest absolute Gasteiger partial charge is 0.489 e. The summed E-state index contributed by atoms with van der Waals surface area (Å²) >= 11 is 1.48. The van der Waals surface area contributed by atoms with Gasteiger partial charge in [-0.05, 0) is 82.8 Å². The van der Waals surface area contributed by atoms with Crippen molar-refractivity contribution in [2.75, 3.05) is 0 Å². The molecule has 1 aliphatic heterocycles. The minimum absolute atomic E-state index is 0.0599. The van der Waals surface area contributed by atoms with Gasteiger partial charge in [-0.3, -0.25) is 9.69 Å². The minimum atomic E-state index is 0.0599. The molecule has 196 valence electrons. The van der Waals surface area contributed by atoms with Crippen LogP contribution in [-0.2, 0) is 11.4 Å². The molecule has 2 atom stereocenters. The first kappa shape index (κ1) is 25.4. The lowest BCUT2D eigenvalue weighted by molar-refractivity contribution is -0.124. The van der Waals surface area contributed by atoms with E-state index in [1.54, 1.807) is 0 Å². The smallest absolute Gasteiger partial charge is 0.267 e. The predicted molar refractivity (Wildman–Crippen MR) is 162 cm³/mol. The van der Waals surface area contributed by atoms with E-state index in [4.69, 9.17) is 9.73 Å². The van der Waals surface area contributed by atoms with Crippen molar-refractivity contribution >= 4 is 45.4 Å². The monoisotopic (exact) mass is 532 g/mol. The summed E-state index contributed by atoms with van der Waals surface area (Å²) < 4.78 is 6.12. The SMILES string of the molecule is C[C@@H]1CCCC[C@@H]1N1C(=O)/C(=C/c2ccc(OCc3cccc4ccccc34)cc2)SC1=Nc1ccccc1. The first-order valence-electron chi connectivity index (χ1n) is 13.7. The van der Waals surface area contributed by atoms with Crippen LogP contribution in [0.5, 0.6) is 5.75 Å². The molecule has 1 saturated carbocycles. The highest BCUT2D eigenvalue weighted by molar-refractivity contribution is 8.18. The first-order chi connectivity index (χ1) is 19.2. The molecule has 0 aromatic heterocycles. The third-order valence-corrected chi connectivity index (χ3v) is 8.65. The molecule has 0 unspecified atom stereocenters. The van der Waals surface area contributed by atoms with Crippen molar-refractivity contribution in [3.8, 4) is 5.75 Å². The quantitative estimate of drug-likeness (QED) is 0.234. The van der Waals surface area contributed by atoms with Gasteiger partial charge in [-0.15, -0.1) is 0 Å². The lowest BCUT2D eigenvalue weighted by atomic mass is 9.85. The molecule has 1 aliphatic carbocycles. The number of amides is 1. The van der Waals surface area contributed by atoms with Gasteiger partial charge in [0.25, 0.3) is 5.91 Å². The van der Waals surface area contributed by atoms with Crippen LogP contribution in [0.3, 0.4) is 0 Å². The van der Waals surface area contributed by atoms with Crippen LogP contribution in [0.15, 0.2) is 107 Å². The number of para-hydroxylation sites is 1. The molecule has 4 aromatic carbocycles. The highest BCUT2D eigenvalue weighted by Crippen LogP contribution is 2.40. The van der Waals surface area contributed by atoms with E-state index in [1.807, 2.05) is 65.6 Å². The van der Waals surface area contributed by atoms with Gasteiger partial charge in [-0.25, -0.2) is 4.99 Å². The molecule has 0 N–H and O–H groups in total. The van der Waals surface area contributed by atoms with Gasteiger partial charge in [-0.1, -0.05) is 92.6 Å². The minimum Gasteiger partial charge on any atom is -0.489 e. The third-order valence-electron chi connectivity index (χ3n) is 7.67. The Labute approximate surface area is 234 Å². The standard InChI is InChI=1S/C34H32N2O2S/c1-24-10-5-8-17-31(24)36-33(37)32(39-34(36)35-28-14-3-2-4-15-28)22-25-18-20-29(21-19-25)38-23-27-13-9-12-26-11-6-7-16-30(26)27/h2-4,6-7,9,11-16,18-22,24,31H,5,8,10,17,23H2,1H3/b32-22-,35-34?/t24-,31+/m1/s1. The summed E-state index contributed by atoms with van der Waals surface area (Å²) in [6, 6.07) is 32.7. The predicted octanol–water partition coefficient (Wildman–Crippen LogP) is 8.60. The number of benzene rings is 4. The normalized spacial score (nSPS) is 21.7. The molecule has 1 amide bonds. The summed E-state index contributed by atoms with van der Waals surface area (Å²) in [6.07, 6.45) is 6.54. The number of rotatable bonds is 6. The van der Waals surface area contributed by atoms with Crippen molar-refractivity contribution in [3.05, 3.63) is 113 Å². The summed E-state index contributed by atoms with van der Waals surface area (Å²) in [4.78, 5) is 21.3. The van der Waals surface area contributed by atoms with E-state index in [9.17, 15) is 4.79 Å². The molecular weight excluding hydrogens is 500 g/mol. The van der Waals surface area contributed by atoms with Crippen LogP contribution in [0.2, 0.25) is 0 Å². The molecule has 1 heterocycles. The summed E-state index contributed by atoms with van der Waals surface area (Å²) in [5, 5.41) is 3.21. The van der Waals surface area contributed by atoms with Gasteiger partial charge in [0, 0.05) is 6.04 Å². The number of nitrogens with zero attached hydrogens (tertiary/aromatic N) is 2. The van der Waals surface area contributed by atoms with Crippen LogP contribution < -0.4 is 4.74 Å². The summed E-state index contributed by atoms with van der Waals surface area (Å²) in [5.41, 5.74) is 3.01. The van der Waals surface area contributed by atoms with Gasteiger partial charge in [0.2, 0.25) is 0 Å². The fourth-order valence-electron chi connectivity index (χ4n) is 5.54. The summed E-state index contributed by atoms with van der Waals surface area (Å²) in [7, 11) is 0. The van der Waals surface area contributed by atoms with Crippen molar-refractivity contribution in [3.63, 3.8) is 0 Å². The molecule has 0 spiro atoms. The lowest BCUT2D eigenvalue weighted by Crippen LogP contribution is -2.44. The van der Waals surface area contributed by atoms with E-state index < -0.39 is 0 Å². The van der Waals surface area contributed by atoms with Gasteiger partial charge in [0.15, 0.2) is 5.17 Å². The Kier molecular flexibility index (Phi) is 7.51. The number of amidine groups is 1. The molecular formula is C34H32N2O2S. The van der Waals surface area contributed by atoms with Gasteiger partial charge < -0.3 is 4.74 Å². The van der Waals surface area contributed by atoms with Gasteiger partial charge in [-0.2, -0.15) is 0 Å². The second-order valence-electron chi connectivity index (χ2n) is 10.3. The number of fused-ring (bicyclic) bond motifs is 1. The van der Waals surface area contributed by atoms with Crippen molar-refractivity contribution in [1.29, 1.82) is 0 Å². The summed E-state index contributed by atoms with van der Waals surface area (Å²) in [6.45, 7) is 2.77. The van der Waals surface area contributed by atoms with Gasteiger partial charge in [0.05, 0.1) is 10.6 Å². The Bertz CT molecular complexity index is 1520. The number of ether oxygens (including phenoxy) is 1. The van der Waals surface area contributed by atoms with Crippen LogP contribution in [0.25, 0.3) is 16.8 Å². The Hall–Kier alpha value is -3.83. The fourth-order valence-corrected chi connectivity index (χ4v) is 6.59. The molecule has 2 aliphatic rings. The van der Waals surface area contributed by atoms with E-state index >= 15 is 0 Å². The molecule has 4 aromatic rings. The number of hydrogen-bond acceptors (Lipinski definition) is 4. The van der Waals surface area contributed by atoms with Crippen molar-refractivity contribution in [1.82, 2.24) is 4.90 Å². The molecule has 39 heavy (non-hydrogen) atoms. The second kappa shape index (κ2) is 11.5. The van der Waals surface area contributed by atoms with Crippen LogP contribution in [-0.4, -0.2) is 22.0 Å². The van der Waals surface area contributed by atoms with Crippen LogP contribution >= 0.6 is 11.8 Å². The van der Waals surface area contributed by atoms with E-state index in [2.05, 4.69) is 49.4 Å². The number of hydrogen-bond donors (Lipinski definition) is 0. The van der Waals surface area contributed by atoms with E-state index in [0.29, 0.717) is 17.4 Å². The maximum atomic E-state index is 13.7. The van der Waals surface area contributed by atoms with Gasteiger partial charge >= 0.3 is 0 Å². The van der Waals surface area contributed by atoms with E-state index in [-0.39, 0.29) is 11.9 Å². The zero-order valence-electron chi connectivity index (χ0n) is 22.1. The fraction of sp³-hybridized carbons (Fsp3) is 0.235. The zero-order valence-corrected chi connectivity index (χ0v) is 22.9. The number of thioether (sulfide) groups is 1. The third kappa shape index (κ3) is 5.64. The Morgan fingerprint density at radius 3 is 2.46 bits per heavy atom. The Morgan fingerprint density at radius 2 is 1.64 bits per heavy atom. The van der Waals surface area contributed by atoms with E-state index in [0.717, 1.165) is 47.0 Å². The first-order valence-corrected chi connectivity index (χ1v) is 14.5. The molecule has 4 nitrogen and oxygen atoms in total. The maximum absolute atomic E-state index is 13.7. The summed E-state index contributed by atoms with van der Waals surface area (Å²) in [5.74, 6) is 1.32. The van der Waals surface area contributed by atoms with E-state index in [1.165, 1.54) is 29.0 Å².